The largest absolute Gasteiger partial charge is 0.542 e. The van der Waals surface area contributed by atoms with Gasteiger partial charge in [0.2, 0.25) is 0 Å². The molecule has 16 heavy (non-hydrogen) atoms. The van der Waals surface area contributed by atoms with Crippen LogP contribution < -0.4 is 10.8 Å². The number of aliphatic carboxylic acids is 1. The Bertz CT molecular complexity index is 338. The molecule has 1 aliphatic heterocycles. The summed E-state index contributed by atoms with van der Waals surface area (Å²) in [4.78, 5) is 8.78. The average molecular weight is 263 g/mol. The molecule has 0 aromatic carbocycles. The van der Waals surface area contributed by atoms with E-state index in [-0.39, 0.29) is 5.25 Å². The van der Waals surface area contributed by atoms with Crippen LogP contribution in [0.25, 0.3) is 0 Å². The zero-order chi connectivity index (χ0) is 13.0. The predicted octanol–water partition coefficient (Wildman–Crippen LogP) is -1.90. The molecule has 0 aromatic heterocycles. The standard InChI is InChI=1S/C5H11NO2S.C2HF3O2/c6-4-5-2-1-3-9(5,7)8;3-2(4,5)1(6)7/h5H,1-4,6H2;(H,6,7). The van der Waals surface area contributed by atoms with Gasteiger partial charge in [0.25, 0.3) is 0 Å². The second-order valence-electron chi connectivity index (χ2n) is 3.21. The Morgan fingerprint density at radius 1 is 1.44 bits per heavy atom. The van der Waals surface area contributed by atoms with Crippen molar-refractivity contribution >= 4 is 15.8 Å². The van der Waals surface area contributed by atoms with E-state index >= 15 is 0 Å². The van der Waals surface area contributed by atoms with Gasteiger partial charge in [-0.1, -0.05) is 0 Å². The number of carboxylic acid groups (broad SMARTS) is 1. The smallest absolute Gasteiger partial charge is 0.430 e. The molecule has 1 rings (SSSR count). The summed E-state index contributed by atoms with van der Waals surface area (Å²) in [6, 6.07) is 0. The van der Waals surface area contributed by atoms with Gasteiger partial charge < -0.3 is 15.6 Å². The molecule has 3 N–H and O–H groups in total. The number of hydrogen-bond acceptors (Lipinski definition) is 4. The number of rotatable bonds is 1. The molecular formula is C7H12F3NO4S. The Balaban J connectivity index is 0.000000293. The fourth-order valence-electron chi connectivity index (χ4n) is 1.18. The molecule has 1 heterocycles. The number of halogens is 3. The Morgan fingerprint density at radius 2 is 1.88 bits per heavy atom. The lowest BCUT2D eigenvalue weighted by Crippen LogP contribution is -2.56. The molecule has 1 aliphatic rings. The number of alkyl halides is 3. The van der Waals surface area contributed by atoms with Crippen molar-refractivity contribution in [1.29, 1.82) is 0 Å². The van der Waals surface area contributed by atoms with E-state index in [9.17, 15) is 21.6 Å². The van der Waals surface area contributed by atoms with Crippen LogP contribution >= 0.6 is 0 Å². The molecule has 96 valence electrons. The van der Waals surface area contributed by atoms with Crippen LogP contribution in [0.15, 0.2) is 0 Å². The van der Waals surface area contributed by atoms with Gasteiger partial charge in [0.1, 0.15) is 11.2 Å². The molecule has 0 bridgehead atoms. The second-order valence-corrected chi connectivity index (χ2v) is 5.61. The van der Waals surface area contributed by atoms with E-state index in [0.29, 0.717) is 12.3 Å². The summed E-state index contributed by atoms with van der Waals surface area (Å²) < 4.78 is 53.5. The van der Waals surface area contributed by atoms with E-state index in [1.54, 1.807) is 0 Å². The highest BCUT2D eigenvalue weighted by Gasteiger charge is 2.31. The highest BCUT2D eigenvalue weighted by atomic mass is 32.2. The molecule has 5 nitrogen and oxygen atoms in total. The second kappa shape index (κ2) is 5.48. The van der Waals surface area contributed by atoms with Crippen molar-refractivity contribution in [3.63, 3.8) is 0 Å². The maximum atomic E-state index is 11.0. The number of carbonyl (C=O) groups is 1. The van der Waals surface area contributed by atoms with Gasteiger partial charge in [-0.25, -0.2) is 8.42 Å². The van der Waals surface area contributed by atoms with Crippen LogP contribution in [0.3, 0.4) is 0 Å². The number of sulfone groups is 1. The lowest BCUT2D eigenvalue weighted by Gasteiger charge is -2.03. The van der Waals surface area contributed by atoms with Gasteiger partial charge in [0.05, 0.1) is 12.3 Å². The highest BCUT2D eigenvalue weighted by Crippen LogP contribution is 2.17. The number of hydrogen-bond donors (Lipinski definition) is 1. The first-order valence-corrected chi connectivity index (χ1v) is 6.11. The summed E-state index contributed by atoms with van der Waals surface area (Å²) in [5.74, 6) is -2.62. The molecule has 9 heteroatoms. The van der Waals surface area contributed by atoms with E-state index in [4.69, 9.17) is 9.90 Å². The number of carboxylic acids is 1. The van der Waals surface area contributed by atoms with Crippen molar-refractivity contribution < 1.29 is 37.2 Å². The van der Waals surface area contributed by atoms with E-state index in [2.05, 4.69) is 5.73 Å². The van der Waals surface area contributed by atoms with Crippen LogP contribution in [0.2, 0.25) is 0 Å². The van der Waals surface area contributed by atoms with Crippen molar-refractivity contribution in [2.75, 3.05) is 12.3 Å². The van der Waals surface area contributed by atoms with E-state index in [1.165, 1.54) is 0 Å². The van der Waals surface area contributed by atoms with Crippen molar-refractivity contribution in [2.45, 2.75) is 24.3 Å². The van der Waals surface area contributed by atoms with Gasteiger partial charge in [-0.05, 0) is 12.8 Å². The fourth-order valence-corrected chi connectivity index (χ4v) is 2.97. The number of carbonyl (C=O) groups excluding carboxylic acids is 1. The minimum atomic E-state index is -5.19. The molecule has 0 radical (unpaired) electrons. The third kappa shape index (κ3) is 4.79. The van der Waals surface area contributed by atoms with Gasteiger partial charge >= 0.3 is 6.18 Å². The quantitative estimate of drug-likeness (QED) is 0.597. The van der Waals surface area contributed by atoms with Crippen LogP contribution in [0.1, 0.15) is 12.8 Å². The van der Waals surface area contributed by atoms with Crippen LogP contribution in [0.4, 0.5) is 13.2 Å². The van der Waals surface area contributed by atoms with Crippen molar-refractivity contribution in [2.24, 2.45) is 0 Å². The summed E-state index contributed by atoms with van der Waals surface area (Å²) in [5, 5.41) is 8.66. The summed E-state index contributed by atoms with van der Waals surface area (Å²) >= 11 is 0. The molecule has 0 aliphatic carbocycles. The minimum absolute atomic E-state index is 0.127. The summed E-state index contributed by atoms with van der Waals surface area (Å²) in [6.45, 7) is 0.544. The minimum Gasteiger partial charge on any atom is -0.542 e. The molecule has 0 spiro atoms. The molecule has 1 fully saturated rings. The molecule has 1 unspecified atom stereocenters. The summed E-state index contributed by atoms with van der Waals surface area (Å²) in [5.41, 5.74) is 3.58. The molecule has 1 atom stereocenters. The fraction of sp³-hybridized carbons (Fsp3) is 0.857. The third-order valence-electron chi connectivity index (χ3n) is 2.02. The molecule has 0 aromatic rings. The maximum Gasteiger partial charge on any atom is 0.430 e. The van der Waals surface area contributed by atoms with Crippen LogP contribution in [0.5, 0.6) is 0 Å². The summed E-state index contributed by atoms with van der Waals surface area (Å²) in [6.07, 6.45) is -3.53. The van der Waals surface area contributed by atoms with Gasteiger partial charge in [-0.15, -0.1) is 0 Å². The monoisotopic (exact) mass is 263 g/mol. The first-order valence-electron chi connectivity index (χ1n) is 4.40. The van der Waals surface area contributed by atoms with Gasteiger partial charge in [0, 0.05) is 0 Å². The van der Waals surface area contributed by atoms with Gasteiger partial charge in [0.15, 0.2) is 9.84 Å². The lowest BCUT2D eigenvalue weighted by atomic mass is 10.2. The predicted molar refractivity (Wildman–Crippen MR) is 45.6 cm³/mol. The normalized spacial score (nSPS) is 23.4. The van der Waals surface area contributed by atoms with E-state index in [1.807, 2.05) is 0 Å². The number of quaternary nitrogens is 1. The van der Waals surface area contributed by atoms with Crippen molar-refractivity contribution in [1.82, 2.24) is 0 Å². The SMILES string of the molecule is O=C([O-])C(F)(F)F.[NH3+]CC1CCCS1(=O)=O. The Hall–Kier alpha value is -0.830. The Kier molecular flexibility index (Phi) is 5.20. The zero-order valence-electron chi connectivity index (χ0n) is 8.29. The maximum absolute atomic E-state index is 11.0. The third-order valence-corrected chi connectivity index (χ3v) is 4.36. The molecule has 0 amide bonds. The van der Waals surface area contributed by atoms with Crippen molar-refractivity contribution in [3.05, 3.63) is 0 Å². The first kappa shape index (κ1) is 15.2. The summed E-state index contributed by atoms with van der Waals surface area (Å²) in [7, 11) is -2.70. The topological polar surface area (TPSA) is 102 Å². The van der Waals surface area contributed by atoms with Crippen LogP contribution in [-0.2, 0) is 14.6 Å². The molecular weight excluding hydrogens is 251 g/mol. The highest BCUT2D eigenvalue weighted by molar-refractivity contribution is 7.92. The Morgan fingerprint density at radius 3 is 2.00 bits per heavy atom. The van der Waals surface area contributed by atoms with Gasteiger partial charge in [-0.2, -0.15) is 13.2 Å². The van der Waals surface area contributed by atoms with Crippen LogP contribution in [0, 0.1) is 0 Å². The first-order chi connectivity index (χ1) is 7.11. The molecule has 0 saturated carbocycles. The Labute approximate surface area is 90.3 Å². The van der Waals surface area contributed by atoms with Crippen LogP contribution in [-0.4, -0.2) is 38.1 Å². The lowest BCUT2D eigenvalue weighted by molar-refractivity contribution is -0.366. The molecule has 1 saturated heterocycles. The van der Waals surface area contributed by atoms with E-state index in [0.717, 1.165) is 12.8 Å². The zero-order valence-corrected chi connectivity index (χ0v) is 9.10. The van der Waals surface area contributed by atoms with Gasteiger partial charge in [-0.3, -0.25) is 0 Å². The van der Waals surface area contributed by atoms with Crippen molar-refractivity contribution in [3.8, 4) is 0 Å². The average Bonchev–Trinajstić information content (AvgIpc) is 2.43. The van der Waals surface area contributed by atoms with E-state index < -0.39 is 22.0 Å².